The van der Waals surface area contributed by atoms with Crippen molar-refractivity contribution < 1.29 is 13.2 Å². The normalized spacial score (nSPS) is 11.6. The minimum atomic E-state index is -3.54. The Morgan fingerprint density at radius 2 is 1.80 bits per heavy atom. The maximum Gasteiger partial charge on any atom is 0.239 e. The maximum atomic E-state index is 12.4. The minimum absolute atomic E-state index is 0.0545. The highest BCUT2D eigenvalue weighted by Gasteiger charge is 2.21. The summed E-state index contributed by atoms with van der Waals surface area (Å²) in [7, 11) is -3.54. The lowest BCUT2D eigenvalue weighted by atomic mass is 10.1. The first-order valence-electron chi connectivity index (χ1n) is 7.89. The summed E-state index contributed by atoms with van der Waals surface area (Å²) in [5.74, 6) is -0.378. The second-order valence-electron chi connectivity index (χ2n) is 6.17. The van der Waals surface area contributed by atoms with Crippen LogP contribution in [-0.2, 0) is 21.4 Å². The van der Waals surface area contributed by atoms with Crippen LogP contribution in [0.2, 0.25) is 0 Å². The average Bonchev–Trinajstić information content (AvgIpc) is 2.50. The third-order valence-electron chi connectivity index (χ3n) is 3.79. The maximum absolute atomic E-state index is 12.4. The highest BCUT2D eigenvalue weighted by Crippen LogP contribution is 2.22. The Morgan fingerprint density at radius 3 is 2.32 bits per heavy atom. The Balaban J connectivity index is 2.15. The van der Waals surface area contributed by atoms with Crippen molar-refractivity contribution in [3.8, 4) is 0 Å². The van der Waals surface area contributed by atoms with Crippen molar-refractivity contribution in [2.75, 3.05) is 18.1 Å². The van der Waals surface area contributed by atoms with Crippen LogP contribution in [0.25, 0.3) is 0 Å². The van der Waals surface area contributed by atoms with Gasteiger partial charge in [-0.1, -0.05) is 23.8 Å². The van der Waals surface area contributed by atoms with Crippen LogP contribution in [0.3, 0.4) is 0 Å². The minimum Gasteiger partial charge on any atom is -0.324 e. The number of aromatic nitrogens is 1. The van der Waals surface area contributed by atoms with E-state index in [1.54, 1.807) is 24.4 Å². The van der Waals surface area contributed by atoms with E-state index in [1.807, 2.05) is 32.9 Å². The van der Waals surface area contributed by atoms with Gasteiger partial charge in [-0.2, -0.15) is 4.31 Å². The quantitative estimate of drug-likeness (QED) is 0.857. The molecule has 0 fully saturated rings. The second kappa shape index (κ2) is 7.76. The van der Waals surface area contributed by atoms with Gasteiger partial charge < -0.3 is 5.32 Å². The summed E-state index contributed by atoms with van der Waals surface area (Å²) in [6.45, 7) is 5.61. The molecule has 6 nitrogen and oxygen atoms in total. The molecular formula is C18H23N3O3S. The number of anilines is 1. The number of hydrogen-bond donors (Lipinski definition) is 1. The van der Waals surface area contributed by atoms with Crippen LogP contribution >= 0.6 is 0 Å². The van der Waals surface area contributed by atoms with Crippen molar-refractivity contribution in [2.24, 2.45) is 0 Å². The number of amides is 1. The molecule has 1 heterocycles. The van der Waals surface area contributed by atoms with E-state index in [0.29, 0.717) is 5.69 Å². The van der Waals surface area contributed by atoms with Gasteiger partial charge >= 0.3 is 0 Å². The molecule has 1 amide bonds. The second-order valence-corrected chi connectivity index (χ2v) is 8.16. The van der Waals surface area contributed by atoms with Gasteiger partial charge in [-0.05, 0) is 44.0 Å². The van der Waals surface area contributed by atoms with Crippen molar-refractivity contribution >= 4 is 21.6 Å². The predicted molar refractivity (Wildman–Crippen MR) is 98.8 cm³/mol. The van der Waals surface area contributed by atoms with Crippen LogP contribution < -0.4 is 5.32 Å². The van der Waals surface area contributed by atoms with Crippen molar-refractivity contribution in [1.82, 2.24) is 9.29 Å². The third-order valence-corrected chi connectivity index (χ3v) is 4.99. The monoisotopic (exact) mass is 361 g/mol. The number of nitrogens with zero attached hydrogens (tertiary/aromatic N) is 2. The molecule has 134 valence electrons. The summed E-state index contributed by atoms with van der Waals surface area (Å²) in [6, 6.07) is 9.21. The predicted octanol–water partition coefficient (Wildman–Crippen LogP) is 2.41. The Labute approximate surface area is 148 Å². The molecule has 0 aliphatic carbocycles. The third kappa shape index (κ3) is 5.37. The van der Waals surface area contributed by atoms with Crippen LogP contribution in [0.1, 0.15) is 22.4 Å². The van der Waals surface area contributed by atoms with Gasteiger partial charge in [0.05, 0.1) is 25.0 Å². The summed E-state index contributed by atoms with van der Waals surface area (Å²) in [4.78, 5) is 16.5. The van der Waals surface area contributed by atoms with E-state index in [4.69, 9.17) is 0 Å². The fourth-order valence-corrected chi connectivity index (χ4v) is 3.40. The molecule has 1 N–H and O–H groups in total. The summed E-state index contributed by atoms with van der Waals surface area (Å²) in [5, 5.41) is 2.83. The SMILES string of the molecule is Cc1cc(C)c(NC(=O)CN(Cc2ccccn2)S(C)(=O)=O)c(C)c1. The Bertz CT molecular complexity index is 841. The Morgan fingerprint density at radius 1 is 1.16 bits per heavy atom. The Hall–Kier alpha value is -2.25. The van der Waals surface area contributed by atoms with Crippen molar-refractivity contribution in [3.05, 3.63) is 58.9 Å². The van der Waals surface area contributed by atoms with Crippen LogP contribution in [-0.4, -0.2) is 36.4 Å². The molecule has 0 saturated carbocycles. The molecule has 2 rings (SSSR count). The highest BCUT2D eigenvalue weighted by molar-refractivity contribution is 7.88. The Kier molecular flexibility index (Phi) is 5.92. The van der Waals surface area contributed by atoms with E-state index in [9.17, 15) is 13.2 Å². The van der Waals surface area contributed by atoms with Gasteiger partial charge in [0, 0.05) is 11.9 Å². The summed E-state index contributed by atoms with van der Waals surface area (Å²) in [6.07, 6.45) is 2.68. The molecule has 25 heavy (non-hydrogen) atoms. The number of nitrogens with one attached hydrogen (secondary N) is 1. The van der Waals surface area contributed by atoms with Crippen LogP contribution in [0.4, 0.5) is 5.69 Å². The van der Waals surface area contributed by atoms with Crippen LogP contribution in [0, 0.1) is 20.8 Å². The van der Waals surface area contributed by atoms with Gasteiger partial charge in [-0.15, -0.1) is 0 Å². The molecule has 2 aromatic rings. The zero-order valence-electron chi connectivity index (χ0n) is 14.9. The van der Waals surface area contributed by atoms with Crippen molar-refractivity contribution in [2.45, 2.75) is 27.3 Å². The van der Waals surface area contributed by atoms with Gasteiger partial charge in [0.15, 0.2) is 0 Å². The molecule has 0 aliphatic rings. The van der Waals surface area contributed by atoms with E-state index in [0.717, 1.165) is 32.9 Å². The first-order valence-corrected chi connectivity index (χ1v) is 9.74. The number of benzene rings is 1. The average molecular weight is 361 g/mol. The molecule has 1 aromatic carbocycles. The zero-order chi connectivity index (χ0) is 18.6. The first kappa shape index (κ1) is 19.1. The smallest absolute Gasteiger partial charge is 0.239 e. The van der Waals surface area contributed by atoms with Crippen LogP contribution in [0.5, 0.6) is 0 Å². The lowest BCUT2D eigenvalue weighted by molar-refractivity contribution is -0.116. The molecule has 1 aromatic heterocycles. The molecule has 7 heteroatoms. The van der Waals surface area contributed by atoms with Crippen LogP contribution in [0.15, 0.2) is 36.5 Å². The van der Waals surface area contributed by atoms with E-state index in [1.165, 1.54) is 0 Å². The van der Waals surface area contributed by atoms with Crippen molar-refractivity contribution in [1.29, 1.82) is 0 Å². The van der Waals surface area contributed by atoms with Gasteiger partial charge in [0.2, 0.25) is 15.9 Å². The number of hydrogen-bond acceptors (Lipinski definition) is 4. The molecule has 0 atom stereocenters. The number of rotatable bonds is 6. The fraction of sp³-hybridized carbons (Fsp3) is 0.333. The molecule has 0 radical (unpaired) electrons. The molecular weight excluding hydrogens is 338 g/mol. The molecule has 0 aliphatic heterocycles. The molecule has 0 saturated heterocycles. The van der Waals surface area contributed by atoms with Gasteiger partial charge in [0.1, 0.15) is 0 Å². The van der Waals surface area contributed by atoms with Crippen molar-refractivity contribution in [3.63, 3.8) is 0 Å². The topological polar surface area (TPSA) is 79.4 Å². The number of carbonyl (C=O) groups is 1. The van der Waals surface area contributed by atoms with E-state index < -0.39 is 10.0 Å². The fourth-order valence-electron chi connectivity index (χ4n) is 2.68. The largest absolute Gasteiger partial charge is 0.324 e. The van der Waals surface area contributed by atoms with Gasteiger partial charge in [0.25, 0.3) is 0 Å². The zero-order valence-corrected chi connectivity index (χ0v) is 15.7. The molecule has 0 spiro atoms. The van der Waals surface area contributed by atoms with Gasteiger partial charge in [-0.3, -0.25) is 9.78 Å². The molecule has 0 bridgehead atoms. The summed E-state index contributed by atoms with van der Waals surface area (Å²) in [5.41, 5.74) is 4.31. The number of aryl methyl sites for hydroxylation is 3. The lowest BCUT2D eigenvalue weighted by Crippen LogP contribution is -2.37. The summed E-state index contributed by atoms with van der Waals surface area (Å²) >= 11 is 0. The summed E-state index contributed by atoms with van der Waals surface area (Å²) < 4.78 is 25.2. The standard InChI is InChI=1S/C18H23N3O3S/c1-13-9-14(2)18(15(3)10-13)20-17(22)12-21(25(4,23)24)11-16-7-5-6-8-19-16/h5-10H,11-12H2,1-4H3,(H,20,22). The first-order chi connectivity index (χ1) is 11.7. The lowest BCUT2D eigenvalue weighted by Gasteiger charge is -2.20. The highest BCUT2D eigenvalue weighted by atomic mass is 32.2. The van der Waals surface area contributed by atoms with E-state index >= 15 is 0 Å². The number of carbonyl (C=O) groups excluding carboxylic acids is 1. The number of sulfonamides is 1. The van der Waals surface area contributed by atoms with Gasteiger partial charge in [-0.25, -0.2) is 8.42 Å². The number of pyridine rings is 1. The van der Waals surface area contributed by atoms with E-state index in [2.05, 4.69) is 10.3 Å². The molecule has 0 unspecified atom stereocenters. The van der Waals surface area contributed by atoms with E-state index in [-0.39, 0.29) is 19.0 Å².